The second-order valence-electron chi connectivity index (χ2n) is 2.98. The smallest absolute Gasteiger partial charge is 0.173 e. The molecule has 0 radical (unpaired) electrons. The molecule has 0 aromatic heterocycles. The van der Waals surface area contributed by atoms with Gasteiger partial charge in [-0.3, -0.25) is 4.90 Å². The Labute approximate surface area is 73.6 Å². The predicted molar refractivity (Wildman–Crippen MR) is 50.2 cm³/mol. The first kappa shape index (κ1) is 8.74. The van der Waals surface area contributed by atoms with Crippen molar-refractivity contribution in [3.8, 4) is 0 Å². The Morgan fingerprint density at radius 3 is 2.55 bits per heavy atom. The average Bonchev–Trinajstić information content (AvgIpc) is 1.96. The maximum Gasteiger partial charge on any atom is 0.173 e. The van der Waals surface area contributed by atoms with E-state index in [4.69, 9.17) is 12.2 Å². The third kappa shape index (κ3) is 1.81. The summed E-state index contributed by atoms with van der Waals surface area (Å²) in [5.74, 6) is 0. The fourth-order valence-corrected chi connectivity index (χ4v) is 1.54. The van der Waals surface area contributed by atoms with Crippen LogP contribution in [0, 0.1) is 0 Å². The van der Waals surface area contributed by atoms with Gasteiger partial charge in [0.1, 0.15) is 0 Å². The van der Waals surface area contributed by atoms with Gasteiger partial charge < -0.3 is 9.80 Å². The van der Waals surface area contributed by atoms with Gasteiger partial charge in [-0.25, -0.2) is 0 Å². The van der Waals surface area contributed by atoms with Gasteiger partial charge in [0.2, 0.25) is 0 Å². The van der Waals surface area contributed by atoms with E-state index in [9.17, 15) is 0 Å². The van der Waals surface area contributed by atoms with Crippen LogP contribution in [0.4, 0.5) is 0 Å². The van der Waals surface area contributed by atoms with E-state index in [1.165, 1.54) is 0 Å². The quantitative estimate of drug-likeness (QED) is 0.530. The zero-order valence-corrected chi connectivity index (χ0v) is 8.19. The van der Waals surface area contributed by atoms with Crippen molar-refractivity contribution in [3.63, 3.8) is 0 Å². The lowest BCUT2D eigenvalue weighted by Crippen LogP contribution is -2.54. The molecule has 1 fully saturated rings. The summed E-state index contributed by atoms with van der Waals surface area (Å²) in [5, 5.41) is 0.964. The van der Waals surface area contributed by atoms with Crippen LogP contribution in [0.2, 0.25) is 0 Å². The van der Waals surface area contributed by atoms with E-state index in [2.05, 4.69) is 28.7 Å². The van der Waals surface area contributed by atoms with Gasteiger partial charge in [-0.05, 0) is 26.2 Å². The minimum atomic E-state index is 0.940. The third-order valence-electron chi connectivity index (χ3n) is 1.84. The maximum absolute atomic E-state index is 5.23. The molecule has 0 bridgehead atoms. The molecule has 11 heavy (non-hydrogen) atoms. The van der Waals surface area contributed by atoms with Crippen molar-refractivity contribution < 1.29 is 0 Å². The third-order valence-corrected chi connectivity index (χ3v) is 2.41. The van der Waals surface area contributed by atoms with Gasteiger partial charge >= 0.3 is 0 Å². The van der Waals surface area contributed by atoms with Gasteiger partial charge in [0.05, 0.1) is 13.3 Å². The fourth-order valence-electron chi connectivity index (χ4n) is 1.30. The van der Waals surface area contributed by atoms with E-state index in [0.717, 1.165) is 25.0 Å². The second-order valence-corrected chi connectivity index (χ2v) is 3.34. The maximum atomic E-state index is 5.23. The van der Waals surface area contributed by atoms with Crippen molar-refractivity contribution in [2.24, 2.45) is 0 Å². The van der Waals surface area contributed by atoms with Gasteiger partial charge in [-0.1, -0.05) is 0 Å². The van der Waals surface area contributed by atoms with Crippen LogP contribution in [0.3, 0.4) is 0 Å². The van der Waals surface area contributed by atoms with Gasteiger partial charge in [-0.15, -0.1) is 0 Å². The lowest BCUT2D eigenvalue weighted by atomic mass is 10.5. The first-order valence-electron chi connectivity index (χ1n) is 3.83. The van der Waals surface area contributed by atoms with Crippen molar-refractivity contribution in [2.45, 2.75) is 6.92 Å². The van der Waals surface area contributed by atoms with Crippen LogP contribution in [0.15, 0.2) is 0 Å². The highest BCUT2D eigenvalue weighted by molar-refractivity contribution is 7.80. The number of nitrogens with zero attached hydrogens (tertiary/aromatic N) is 3. The highest BCUT2D eigenvalue weighted by atomic mass is 32.1. The Bertz CT molecular complexity index is 160. The second kappa shape index (κ2) is 3.36. The predicted octanol–water partition coefficient (Wildman–Crippen LogP) is 0.385. The van der Waals surface area contributed by atoms with Gasteiger partial charge in [-0.2, -0.15) is 0 Å². The summed E-state index contributed by atoms with van der Waals surface area (Å²) in [6, 6.07) is 0. The summed E-state index contributed by atoms with van der Waals surface area (Å²) in [6.45, 7) is 5.02. The first-order valence-corrected chi connectivity index (χ1v) is 4.24. The van der Waals surface area contributed by atoms with Crippen LogP contribution in [0.1, 0.15) is 6.92 Å². The molecule has 1 aliphatic heterocycles. The monoisotopic (exact) mass is 173 g/mol. The van der Waals surface area contributed by atoms with E-state index >= 15 is 0 Å². The molecular weight excluding hydrogens is 158 g/mol. The van der Waals surface area contributed by atoms with Crippen molar-refractivity contribution in [1.82, 2.24) is 14.7 Å². The molecule has 1 rings (SSSR count). The first-order chi connectivity index (χ1) is 5.15. The minimum absolute atomic E-state index is 0.940. The molecule has 4 heteroatoms. The van der Waals surface area contributed by atoms with Crippen molar-refractivity contribution in [1.29, 1.82) is 0 Å². The summed E-state index contributed by atoms with van der Waals surface area (Å²) < 4.78 is 0. The van der Waals surface area contributed by atoms with E-state index < -0.39 is 0 Å². The molecule has 0 unspecified atom stereocenters. The zero-order valence-electron chi connectivity index (χ0n) is 7.37. The van der Waals surface area contributed by atoms with Crippen LogP contribution in [0.25, 0.3) is 0 Å². The Morgan fingerprint density at radius 2 is 2.00 bits per heavy atom. The molecule has 3 nitrogen and oxygen atoms in total. The Morgan fingerprint density at radius 1 is 1.36 bits per heavy atom. The number of hydrogen-bond acceptors (Lipinski definition) is 2. The Kier molecular flexibility index (Phi) is 2.67. The molecule has 64 valence electrons. The molecule has 0 N–H and O–H groups in total. The molecule has 1 saturated heterocycles. The molecule has 1 aliphatic rings. The summed E-state index contributed by atoms with van der Waals surface area (Å²) in [6.07, 6.45) is 0. The summed E-state index contributed by atoms with van der Waals surface area (Å²) in [5.41, 5.74) is 0. The Balaban J connectivity index is 2.59. The van der Waals surface area contributed by atoms with E-state index in [1.807, 2.05) is 7.05 Å². The van der Waals surface area contributed by atoms with Gasteiger partial charge in [0.15, 0.2) is 5.11 Å². The van der Waals surface area contributed by atoms with Crippen molar-refractivity contribution in [2.75, 3.05) is 34.0 Å². The van der Waals surface area contributed by atoms with Gasteiger partial charge in [0.25, 0.3) is 0 Å². The molecular formula is C7H15N3S. The van der Waals surface area contributed by atoms with Crippen LogP contribution in [0.5, 0.6) is 0 Å². The lowest BCUT2D eigenvalue weighted by molar-refractivity contribution is 0.124. The topological polar surface area (TPSA) is 9.72 Å². The number of hydrogen-bond donors (Lipinski definition) is 0. The lowest BCUT2D eigenvalue weighted by Gasteiger charge is -2.40. The standard InChI is InChI=1S/C7H15N3S/c1-4-10-6-8(2)5-9(3)7(10)11/h4-6H2,1-3H3. The normalized spacial score (nSPS) is 21.2. The number of rotatable bonds is 1. The summed E-state index contributed by atoms with van der Waals surface area (Å²) in [4.78, 5) is 6.50. The summed E-state index contributed by atoms with van der Waals surface area (Å²) in [7, 11) is 4.13. The highest BCUT2D eigenvalue weighted by Gasteiger charge is 2.20. The molecule has 0 amide bonds. The zero-order chi connectivity index (χ0) is 8.43. The molecule has 1 heterocycles. The molecule has 0 saturated carbocycles. The van der Waals surface area contributed by atoms with Crippen molar-refractivity contribution >= 4 is 17.3 Å². The average molecular weight is 173 g/mol. The molecule has 0 spiro atoms. The van der Waals surface area contributed by atoms with Crippen LogP contribution >= 0.6 is 12.2 Å². The van der Waals surface area contributed by atoms with Crippen LogP contribution in [-0.2, 0) is 0 Å². The largest absolute Gasteiger partial charge is 0.339 e. The van der Waals surface area contributed by atoms with E-state index in [1.54, 1.807) is 0 Å². The van der Waals surface area contributed by atoms with Gasteiger partial charge in [0, 0.05) is 13.6 Å². The van der Waals surface area contributed by atoms with Crippen LogP contribution in [-0.4, -0.2) is 53.8 Å². The minimum Gasteiger partial charge on any atom is -0.339 e. The Hall–Kier alpha value is -0.350. The molecule has 0 aromatic rings. The van der Waals surface area contributed by atoms with Crippen molar-refractivity contribution in [3.05, 3.63) is 0 Å². The number of thiocarbonyl (C=S) groups is 1. The molecule has 0 aliphatic carbocycles. The fraction of sp³-hybridized carbons (Fsp3) is 0.857. The summed E-state index contributed by atoms with van der Waals surface area (Å²) >= 11 is 5.23. The van der Waals surface area contributed by atoms with Crippen LogP contribution < -0.4 is 0 Å². The molecule has 0 atom stereocenters. The van der Waals surface area contributed by atoms with E-state index in [0.29, 0.717) is 0 Å². The highest BCUT2D eigenvalue weighted by Crippen LogP contribution is 2.05. The SMILES string of the molecule is CCN1CN(C)CN(C)C1=S. The molecule has 0 aromatic carbocycles. The van der Waals surface area contributed by atoms with E-state index in [-0.39, 0.29) is 0 Å².